The molecule has 0 N–H and O–H groups in total. The second kappa shape index (κ2) is 5.80. The van der Waals surface area contributed by atoms with Crippen molar-refractivity contribution in [3.63, 3.8) is 0 Å². The van der Waals surface area contributed by atoms with E-state index in [1.807, 2.05) is 23.1 Å². The van der Waals surface area contributed by atoms with Crippen molar-refractivity contribution in [2.75, 3.05) is 33.2 Å². The zero-order valence-corrected chi connectivity index (χ0v) is 12.1. The van der Waals surface area contributed by atoms with Gasteiger partial charge in [0, 0.05) is 37.1 Å². The van der Waals surface area contributed by atoms with Crippen molar-refractivity contribution in [3.8, 4) is 0 Å². The quantitative estimate of drug-likeness (QED) is 0.782. The van der Waals surface area contributed by atoms with Crippen molar-refractivity contribution in [2.24, 2.45) is 0 Å². The van der Waals surface area contributed by atoms with Gasteiger partial charge in [-0.25, -0.2) is 0 Å². The van der Waals surface area contributed by atoms with E-state index in [2.05, 4.69) is 27.9 Å². The van der Waals surface area contributed by atoms with Gasteiger partial charge in [-0.15, -0.1) is 11.3 Å². The average Bonchev–Trinajstić information content (AvgIpc) is 2.73. The molecule has 1 saturated heterocycles. The van der Waals surface area contributed by atoms with E-state index in [-0.39, 0.29) is 5.91 Å². The maximum atomic E-state index is 11.9. The molecule has 0 aliphatic carbocycles. The summed E-state index contributed by atoms with van der Waals surface area (Å²) in [6, 6.07) is 3.99. The monoisotopic (exact) mass is 314 g/mol. The summed E-state index contributed by atoms with van der Waals surface area (Å²) in [6.45, 7) is 3.58. The molecule has 1 aliphatic rings. The first-order chi connectivity index (χ1) is 8.15. The van der Waals surface area contributed by atoms with Gasteiger partial charge < -0.3 is 9.80 Å². The third-order valence-corrected chi connectivity index (χ3v) is 4.39. The van der Waals surface area contributed by atoms with Gasteiger partial charge in [0.1, 0.15) is 0 Å². The van der Waals surface area contributed by atoms with E-state index < -0.39 is 0 Å². The lowest BCUT2D eigenvalue weighted by Crippen LogP contribution is -2.46. The molecule has 2 rings (SSSR count). The van der Waals surface area contributed by atoms with Crippen LogP contribution < -0.4 is 0 Å². The van der Waals surface area contributed by atoms with Crippen LogP contribution in [0.25, 0.3) is 6.08 Å². The van der Waals surface area contributed by atoms with Crippen LogP contribution in [0, 0.1) is 0 Å². The molecule has 0 saturated carbocycles. The van der Waals surface area contributed by atoms with Crippen LogP contribution in [0.1, 0.15) is 4.88 Å². The summed E-state index contributed by atoms with van der Waals surface area (Å²) in [5.41, 5.74) is 0. The van der Waals surface area contributed by atoms with Gasteiger partial charge in [-0.05, 0) is 41.2 Å². The number of carbonyl (C=O) groups excluding carboxylic acids is 1. The van der Waals surface area contributed by atoms with Gasteiger partial charge in [-0.3, -0.25) is 4.79 Å². The number of piperazine rings is 1. The lowest BCUT2D eigenvalue weighted by Gasteiger charge is -2.31. The first-order valence-electron chi connectivity index (χ1n) is 5.56. The minimum absolute atomic E-state index is 0.114. The van der Waals surface area contributed by atoms with E-state index in [1.165, 1.54) is 0 Å². The Labute approximate surface area is 114 Å². The van der Waals surface area contributed by atoms with Crippen LogP contribution in [0.2, 0.25) is 0 Å². The smallest absolute Gasteiger partial charge is 0.246 e. The first-order valence-corrected chi connectivity index (χ1v) is 7.17. The predicted octanol–water partition coefficient (Wildman–Crippen LogP) is 2.30. The summed E-state index contributed by atoms with van der Waals surface area (Å²) in [6.07, 6.45) is 3.56. The highest BCUT2D eigenvalue weighted by Crippen LogP contribution is 2.23. The van der Waals surface area contributed by atoms with Crippen molar-refractivity contribution < 1.29 is 4.79 Å². The molecule has 1 aromatic heterocycles. The standard InChI is InChI=1S/C12H15BrN2OS/c1-14-6-8-15(9-7-14)12(16)5-3-10-2-4-11(13)17-10/h2-5H,6-9H2,1H3/b5-3-. The summed E-state index contributed by atoms with van der Waals surface area (Å²) in [4.78, 5) is 17.1. The number of nitrogens with zero attached hydrogens (tertiary/aromatic N) is 2. The molecule has 1 aliphatic heterocycles. The fourth-order valence-electron chi connectivity index (χ4n) is 1.70. The number of hydrogen-bond acceptors (Lipinski definition) is 3. The first kappa shape index (κ1) is 12.8. The Hall–Kier alpha value is -0.650. The Morgan fingerprint density at radius 1 is 1.35 bits per heavy atom. The van der Waals surface area contributed by atoms with Gasteiger partial charge in [0.2, 0.25) is 5.91 Å². The maximum Gasteiger partial charge on any atom is 0.246 e. The highest BCUT2D eigenvalue weighted by molar-refractivity contribution is 9.11. The average molecular weight is 315 g/mol. The van der Waals surface area contributed by atoms with Gasteiger partial charge in [-0.2, -0.15) is 0 Å². The predicted molar refractivity (Wildman–Crippen MR) is 75.1 cm³/mol. The number of hydrogen-bond donors (Lipinski definition) is 0. The minimum Gasteiger partial charge on any atom is -0.337 e. The molecule has 0 spiro atoms. The van der Waals surface area contributed by atoms with E-state index in [9.17, 15) is 4.79 Å². The van der Waals surface area contributed by atoms with E-state index in [0.29, 0.717) is 0 Å². The zero-order chi connectivity index (χ0) is 12.3. The van der Waals surface area contributed by atoms with Crippen LogP contribution in [0.15, 0.2) is 22.0 Å². The molecule has 3 nitrogen and oxygen atoms in total. The second-order valence-corrected chi connectivity index (χ2v) is 6.60. The number of halogens is 1. The van der Waals surface area contributed by atoms with Crippen LogP contribution >= 0.6 is 27.3 Å². The topological polar surface area (TPSA) is 23.6 Å². The molecule has 1 aromatic rings. The Morgan fingerprint density at radius 3 is 2.65 bits per heavy atom. The fraction of sp³-hybridized carbons (Fsp3) is 0.417. The van der Waals surface area contributed by atoms with Crippen LogP contribution in [0.3, 0.4) is 0 Å². The summed E-state index contributed by atoms with van der Waals surface area (Å²) in [5, 5.41) is 0. The number of carbonyl (C=O) groups is 1. The summed E-state index contributed by atoms with van der Waals surface area (Å²) < 4.78 is 1.09. The summed E-state index contributed by atoms with van der Waals surface area (Å²) in [5.74, 6) is 0.114. The molecule has 0 bridgehead atoms. The third-order valence-electron chi connectivity index (χ3n) is 2.80. The summed E-state index contributed by atoms with van der Waals surface area (Å²) >= 11 is 5.03. The molecule has 17 heavy (non-hydrogen) atoms. The van der Waals surface area contributed by atoms with Crippen LogP contribution in [-0.2, 0) is 4.79 Å². The van der Waals surface area contributed by atoms with Crippen molar-refractivity contribution in [1.82, 2.24) is 9.80 Å². The molecule has 2 heterocycles. The SMILES string of the molecule is CN1CCN(C(=O)/C=C\c2ccc(Br)s2)CC1. The van der Waals surface area contributed by atoms with Gasteiger partial charge in [0.15, 0.2) is 0 Å². The Kier molecular flexibility index (Phi) is 4.36. The fourth-order valence-corrected chi connectivity index (χ4v) is 3.03. The molecular weight excluding hydrogens is 300 g/mol. The van der Waals surface area contributed by atoms with Crippen molar-refractivity contribution in [3.05, 3.63) is 26.9 Å². The number of rotatable bonds is 2. The Balaban J connectivity index is 1.90. The third kappa shape index (κ3) is 3.66. The molecule has 1 amide bonds. The van der Waals surface area contributed by atoms with E-state index >= 15 is 0 Å². The van der Waals surface area contributed by atoms with Crippen LogP contribution in [0.4, 0.5) is 0 Å². The maximum absolute atomic E-state index is 11.9. The zero-order valence-electron chi connectivity index (χ0n) is 9.73. The Morgan fingerprint density at radius 2 is 2.06 bits per heavy atom. The minimum atomic E-state index is 0.114. The van der Waals surface area contributed by atoms with Crippen molar-refractivity contribution in [2.45, 2.75) is 0 Å². The number of likely N-dealkylation sites (N-methyl/N-ethyl adjacent to an activating group) is 1. The second-order valence-electron chi connectivity index (χ2n) is 4.10. The van der Waals surface area contributed by atoms with Gasteiger partial charge in [0.05, 0.1) is 3.79 Å². The lowest BCUT2D eigenvalue weighted by molar-refractivity contribution is -0.127. The molecule has 0 radical (unpaired) electrons. The molecule has 0 atom stereocenters. The van der Waals surface area contributed by atoms with E-state index in [0.717, 1.165) is 34.8 Å². The molecule has 1 fully saturated rings. The largest absolute Gasteiger partial charge is 0.337 e. The highest BCUT2D eigenvalue weighted by Gasteiger charge is 2.16. The van der Waals surface area contributed by atoms with Gasteiger partial charge >= 0.3 is 0 Å². The highest BCUT2D eigenvalue weighted by atomic mass is 79.9. The molecule has 0 unspecified atom stereocenters. The molecule has 92 valence electrons. The van der Waals surface area contributed by atoms with Crippen molar-refractivity contribution in [1.29, 1.82) is 0 Å². The van der Waals surface area contributed by atoms with Crippen LogP contribution in [0.5, 0.6) is 0 Å². The number of thiophene rings is 1. The lowest BCUT2D eigenvalue weighted by atomic mass is 10.3. The van der Waals surface area contributed by atoms with Crippen LogP contribution in [-0.4, -0.2) is 48.9 Å². The molecule has 0 aromatic carbocycles. The molecule has 5 heteroatoms. The number of amides is 1. The van der Waals surface area contributed by atoms with Gasteiger partial charge in [-0.1, -0.05) is 0 Å². The van der Waals surface area contributed by atoms with Crippen molar-refractivity contribution >= 4 is 39.2 Å². The normalized spacial score (nSPS) is 17.9. The van der Waals surface area contributed by atoms with Gasteiger partial charge in [0.25, 0.3) is 0 Å². The summed E-state index contributed by atoms with van der Waals surface area (Å²) in [7, 11) is 2.08. The molecular formula is C12H15BrN2OS. The van der Waals surface area contributed by atoms with E-state index in [1.54, 1.807) is 17.4 Å². The Bertz CT molecular complexity index is 422. The van der Waals surface area contributed by atoms with E-state index in [4.69, 9.17) is 0 Å².